The number of carbonyl (C=O) groups is 4. The first-order valence-electron chi connectivity index (χ1n) is 9.14. The summed E-state index contributed by atoms with van der Waals surface area (Å²) in [5, 5.41) is 2.58. The van der Waals surface area contributed by atoms with Crippen LogP contribution in [-0.2, 0) is 14.3 Å². The van der Waals surface area contributed by atoms with E-state index < -0.39 is 23.8 Å². The lowest BCUT2D eigenvalue weighted by molar-refractivity contribution is -0.114. The van der Waals surface area contributed by atoms with Gasteiger partial charge in [0.2, 0.25) is 11.7 Å². The van der Waals surface area contributed by atoms with Crippen molar-refractivity contribution in [3.8, 4) is 0 Å². The molecule has 2 rings (SSSR count). The van der Waals surface area contributed by atoms with Crippen LogP contribution in [0.15, 0.2) is 24.3 Å². The quantitative estimate of drug-likeness (QED) is 0.545. The van der Waals surface area contributed by atoms with E-state index in [2.05, 4.69) is 10.3 Å². The van der Waals surface area contributed by atoms with Crippen LogP contribution in [0.4, 0.5) is 5.69 Å². The van der Waals surface area contributed by atoms with Gasteiger partial charge in [-0.15, -0.1) is 0 Å². The number of esters is 2. The number of H-pyrrole nitrogens is 1. The Morgan fingerprint density at radius 2 is 1.83 bits per heavy atom. The van der Waals surface area contributed by atoms with Crippen molar-refractivity contribution < 1.29 is 28.7 Å². The van der Waals surface area contributed by atoms with Gasteiger partial charge in [-0.2, -0.15) is 0 Å². The van der Waals surface area contributed by atoms with Crippen LogP contribution in [0.5, 0.6) is 0 Å². The predicted octanol–water partition coefficient (Wildman–Crippen LogP) is 3.19. The van der Waals surface area contributed by atoms with Gasteiger partial charge in [0.05, 0.1) is 23.4 Å². The number of nitrogens with one attached hydrogen (secondary N) is 2. The number of ether oxygens (including phenoxy) is 2. The molecule has 8 nitrogen and oxygen atoms in total. The van der Waals surface area contributed by atoms with Crippen LogP contribution in [0.25, 0.3) is 0 Å². The molecule has 8 heteroatoms. The summed E-state index contributed by atoms with van der Waals surface area (Å²) in [6.45, 7) is 8.03. The predicted molar refractivity (Wildman–Crippen MR) is 106 cm³/mol. The summed E-state index contributed by atoms with van der Waals surface area (Å²) in [6.07, 6.45) is -1.08. The van der Waals surface area contributed by atoms with Gasteiger partial charge in [-0.1, -0.05) is 6.07 Å². The Labute approximate surface area is 168 Å². The number of hydrogen-bond donors (Lipinski definition) is 2. The van der Waals surface area contributed by atoms with E-state index in [-0.39, 0.29) is 23.8 Å². The molecule has 1 aromatic heterocycles. The number of hydrogen-bond acceptors (Lipinski definition) is 6. The molecule has 2 aromatic rings. The largest absolute Gasteiger partial charge is 0.462 e. The second kappa shape index (κ2) is 9.18. The maximum atomic E-state index is 12.8. The molecule has 0 aliphatic carbocycles. The number of amides is 1. The molecular formula is C21H24N2O6. The Hall–Kier alpha value is -3.42. The van der Waals surface area contributed by atoms with Gasteiger partial charge in [0.15, 0.2) is 6.10 Å². The van der Waals surface area contributed by atoms with Gasteiger partial charge < -0.3 is 19.8 Å². The van der Waals surface area contributed by atoms with Crippen LogP contribution in [0.3, 0.4) is 0 Å². The van der Waals surface area contributed by atoms with Gasteiger partial charge >= 0.3 is 11.9 Å². The van der Waals surface area contributed by atoms with Crippen LogP contribution >= 0.6 is 0 Å². The topological polar surface area (TPSA) is 115 Å². The zero-order chi connectivity index (χ0) is 21.7. The van der Waals surface area contributed by atoms with Gasteiger partial charge in [-0.3, -0.25) is 9.59 Å². The fraction of sp³-hybridized carbons (Fsp3) is 0.333. The third-order valence-electron chi connectivity index (χ3n) is 4.24. The molecule has 0 saturated heterocycles. The molecule has 0 aliphatic heterocycles. The summed E-state index contributed by atoms with van der Waals surface area (Å²) in [5.41, 5.74) is 2.09. The van der Waals surface area contributed by atoms with E-state index in [9.17, 15) is 19.2 Å². The number of rotatable bonds is 7. The summed E-state index contributed by atoms with van der Waals surface area (Å²) in [6, 6.07) is 6.21. The number of aryl methyl sites for hydroxylation is 1. The van der Waals surface area contributed by atoms with Crippen LogP contribution in [0.1, 0.15) is 63.2 Å². The molecule has 29 heavy (non-hydrogen) atoms. The lowest BCUT2D eigenvalue weighted by atomic mass is 10.1. The van der Waals surface area contributed by atoms with Crippen molar-refractivity contribution in [2.45, 2.75) is 40.7 Å². The highest BCUT2D eigenvalue weighted by atomic mass is 16.5. The summed E-state index contributed by atoms with van der Waals surface area (Å²) in [4.78, 5) is 51.3. The Morgan fingerprint density at radius 1 is 1.14 bits per heavy atom. The average Bonchev–Trinajstić information content (AvgIpc) is 2.95. The highest BCUT2D eigenvalue weighted by molar-refractivity contribution is 6.04. The minimum absolute atomic E-state index is 0.192. The van der Waals surface area contributed by atoms with Gasteiger partial charge in [0, 0.05) is 18.3 Å². The molecule has 1 atom stereocenters. The fourth-order valence-corrected chi connectivity index (χ4v) is 2.92. The van der Waals surface area contributed by atoms with E-state index in [0.717, 1.165) is 0 Å². The van der Waals surface area contributed by atoms with E-state index >= 15 is 0 Å². The van der Waals surface area contributed by atoms with Crippen LogP contribution in [0, 0.1) is 13.8 Å². The van der Waals surface area contributed by atoms with Gasteiger partial charge in [-0.05, 0) is 51.5 Å². The monoisotopic (exact) mass is 400 g/mol. The lowest BCUT2D eigenvalue weighted by Gasteiger charge is -2.13. The van der Waals surface area contributed by atoms with Crippen molar-refractivity contribution in [1.29, 1.82) is 0 Å². The minimum Gasteiger partial charge on any atom is -0.462 e. The number of benzene rings is 1. The molecule has 1 amide bonds. The number of ketones is 1. The number of Topliss-reactive ketones (excluding diaryl/α,β-unsaturated/α-hetero) is 1. The summed E-state index contributed by atoms with van der Waals surface area (Å²) in [5.74, 6) is -1.96. The van der Waals surface area contributed by atoms with E-state index in [0.29, 0.717) is 22.5 Å². The zero-order valence-corrected chi connectivity index (χ0v) is 17.0. The minimum atomic E-state index is -1.08. The first-order valence-corrected chi connectivity index (χ1v) is 9.14. The molecule has 1 unspecified atom stereocenters. The highest BCUT2D eigenvalue weighted by Gasteiger charge is 2.27. The Bertz CT molecular complexity index is 960. The molecule has 0 radical (unpaired) electrons. The number of carbonyl (C=O) groups excluding carboxylic acids is 4. The van der Waals surface area contributed by atoms with Crippen molar-refractivity contribution in [3.05, 3.63) is 52.3 Å². The van der Waals surface area contributed by atoms with Crippen LogP contribution < -0.4 is 5.32 Å². The molecule has 0 spiro atoms. The van der Waals surface area contributed by atoms with Gasteiger partial charge in [0.25, 0.3) is 0 Å². The first-order chi connectivity index (χ1) is 13.6. The summed E-state index contributed by atoms with van der Waals surface area (Å²) < 4.78 is 10.3. The van der Waals surface area contributed by atoms with E-state index in [1.165, 1.54) is 26.0 Å². The SMILES string of the molecule is CCOC(=O)c1c(C)[nH]c(C(=O)C(C)OC(=O)c2cccc(NC(C)=O)c2)c1C. The summed E-state index contributed by atoms with van der Waals surface area (Å²) in [7, 11) is 0. The molecule has 154 valence electrons. The second-order valence-electron chi connectivity index (χ2n) is 6.52. The zero-order valence-electron chi connectivity index (χ0n) is 17.0. The van der Waals surface area contributed by atoms with E-state index in [1.807, 2.05) is 0 Å². The molecule has 0 aliphatic rings. The maximum Gasteiger partial charge on any atom is 0.340 e. The second-order valence-corrected chi connectivity index (χ2v) is 6.52. The van der Waals surface area contributed by atoms with Crippen molar-refractivity contribution in [2.24, 2.45) is 0 Å². The normalized spacial score (nSPS) is 11.5. The van der Waals surface area contributed by atoms with Gasteiger partial charge in [-0.25, -0.2) is 9.59 Å². The third kappa shape index (κ3) is 5.10. The Morgan fingerprint density at radius 3 is 2.45 bits per heavy atom. The molecule has 1 heterocycles. The third-order valence-corrected chi connectivity index (χ3v) is 4.24. The number of aromatic nitrogens is 1. The molecule has 2 N–H and O–H groups in total. The molecule has 1 aromatic carbocycles. The van der Waals surface area contributed by atoms with Crippen molar-refractivity contribution in [2.75, 3.05) is 11.9 Å². The van der Waals surface area contributed by atoms with E-state index in [1.54, 1.807) is 32.9 Å². The Balaban J connectivity index is 2.17. The molecule has 0 bridgehead atoms. The lowest BCUT2D eigenvalue weighted by Crippen LogP contribution is -2.25. The van der Waals surface area contributed by atoms with Crippen molar-refractivity contribution in [3.63, 3.8) is 0 Å². The summed E-state index contributed by atoms with van der Waals surface area (Å²) >= 11 is 0. The van der Waals surface area contributed by atoms with Crippen molar-refractivity contribution in [1.82, 2.24) is 4.98 Å². The highest BCUT2D eigenvalue weighted by Crippen LogP contribution is 2.21. The smallest absolute Gasteiger partial charge is 0.340 e. The fourth-order valence-electron chi connectivity index (χ4n) is 2.92. The van der Waals surface area contributed by atoms with E-state index in [4.69, 9.17) is 9.47 Å². The molecular weight excluding hydrogens is 376 g/mol. The average molecular weight is 400 g/mol. The molecule has 0 fully saturated rings. The Kier molecular flexibility index (Phi) is 6.93. The van der Waals surface area contributed by atoms with Crippen LogP contribution in [0.2, 0.25) is 0 Å². The maximum absolute atomic E-state index is 12.8. The first kappa shape index (κ1) is 21.9. The number of aromatic amines is 1. The van der Waals surface area contributed by atoms with Crippen molar-refractivity contribution >= 4 is 29.3 Å². The standard InChI is InChI=1S/C21H24N2O6/c1-6-28-21(27)17-11(2)18(22-12(17)3)19(25)13(4)29-20(26)15-8-7-9-16(10-15)23-14(5)24/h7-10,13,22H,6H2,1-5H3,(H,23,24). The van der Waals surface area contributed by atoms with Crippen LogP contribution in [-0.4, -0.2) is 41.3 Å². The van der Waals surface area contributed by atoms with Gasteiger partial charge in [0.1, 0.15) is 0 Å². The number of anilines is 1. The molecule has 0 saturated carbocycles.